The highest BCUT2D eigenvalue weighted by atomic mass is 14.2. The van der Waals surface area contributed by atoms with E-state index in [1.54, 1.807) is 0 Å². The van der Waals surface area contributed by atoms with Gasteiger partial charge in [0.2, 0.25) is 0 Å². The second kappa shape index (κ2) is 2.42. The summed E-state index contributed by atoms with van der Waals surface area (Å²) in [5, 5.41) is 0. The molecule has 0 N–H and O–H groups in total. The number of allylic oxidation sites excluding steroid dienone is 6. The molecule has 0 bridgehead atoms. The lowest BCUT2D eigenvalue weighted by Gasteiger charge is -1.95. The Morgan fingerprint density at radius 1 is 1.15 bits per heavy atom. The number of benzene rings is 1. The van der Waals surface area contributed by atoms with Gasteiger partial charge in [-0.2, -0.15) is 0 Å². The van der Waals surface area contributed by atoms with Crippen molar-refractivity contribution in [2.45, 2.75) is 6.42 Å². The van der Waals surface area contributed by atoms with Crippen molar-refractivity contribution in [3.8, 4) is 0 Å². The van der Waals surface area contributed by atoms with Crippen LogP contribution in [0.4, 0.5) is 0 Å². The van der Waals surface area contributed by atoms with Crippen molar-refractivity contribution in [3.05, 3.63) is 65.3 Å². The normalized spacial score (nSPS) is 16.9. The summed E-state index contributed by atoms with van der Waals surface area (Å²) in [6.07, 6.45) is 10.4. The van der Waals surface area contributed by atoms with Gasteiger partial charge in [-0.05, 0) is 5.56 Å². The first-order valence-corrected chi connectivity index (χ1v) is 4.52. The summed E-state index contributed by atoms with van der Waals surface area (Å²) in [5.74, 6) is 0. The molecule has 2 aliphatic carbocycles. The lowest BCUT2D eigenvalue weighted by atomic mass is 10.0. The highest BCUT2D eigenvalue weighted by molar-refractivity contribution is 5.85. The van der Waals surface area contributed by atoms with Crippen molar-refractivity contribution in [2.75, 3.05) is 0 Å². The van der Waals surface area contributed by atoms with Crippen molar-refractivity contribution in [1.29, 1.82) is 0 Å². The molecule has 0 aromatic heterocycles. The quantitative estimate of drug-likeness (QED) is 0.518. The summed E-state index contributed by atoms with van der Waals surface area (Å²) in [6.45, 7) is 0. The lowest BCUT2D eigenvalue weighted by molar-refractivity contribution is 1.24. The minimum atomic E-state index is 1.07. The molecule has 3 rings (SSSR count). The van der Waals surface area contributed by atoms with E-state index in [4.69, 9.17) is 0 Å². The highest BCUT2D eigenvalue weighted by Gasteiger charge is 2.24. The maximum atomic E-state index is 3.13. The third-order valence-corrected chi connectivity index (χ3v) is 2.64. The van der Waals surface area contributed by atoms with Gasteiger partial charge in [0.1, 0.15) is 12.2 Å². The standard InChI is InChI=1S/C13H9/c1-3-7-12-10(5-1)9-11-6-2-4-8-13(11)12/h1,3-8H,9H2/q+1. The number of hydrogen-bond acceptors (Lipinski definition) is 0. The zero-order valence-electron chi connectivity index (χ0n) is 7.25. The molecule has 0 aliphatic heterocycles. The van der Waals surface area contributed by atoms with Gasteiger partial charge in [0.05, 0.1) is 17.2 Å². The smallest absolute Gasteiger partial charge is 0.0619 e. The summed E-state index contributed by atoms with van der Waals surface area (Å²) in [5.41, 5.74) is 5.63. The maximum absolute atomic E-state index is 3.13. The van der Waals surface area contributed by atoms with E-state index in [1.165, 1.54) is 22.3 Å². The van der Waals surface area contributed by atoms with Crippen molar-refractivity contribution in [2.24, 2.45) is 0 Å². The molecule has 0 spiro atoms. The topological polar surface area (TPSA) is 0 Å². The van der Waals surface area contributed by atoms with Crippen LogP contribution in [-0.2, 0) is 6.42 Å². The molecule has 2 aliphatic rings. The van der Waals surface area contributed by atoms with E-state index in [0.29, 0.717) is 0 Å². The maximum Gasteiger partial charge on any atom is 0.107 e. The van der Waals surface area contributed by atoms with Crippen LogP contribution in [0.2, 0.25) is 0 Å². The fourth-order valence-electron chi connectivity index (χ4n) is 2.02. The number of hydrogen-bond donors (Lipinski definition) is 0. The molecule has 0 amide bonds. The van der Waals surface area contributed by atoms with Crippen LogP contribution in [0.15, 0.2) is 48.1 Å². The van der Waals surface area contributed by atoms with Gasteiger partial charge >= 0.3 is 0 Å². The van der Waals surface area contributed by atoms with E-state index >= 15 is 0 Å². The summed E-state index contributed by atoms with van der Waals surface area (Å²) in [4.78, 5) is 0. The molecule has 0 nitrogen and oxygen atoms in total. The van der Waals surface area contributed by atoms with Gasteiger partial charge in [-0.3, -0.25) is 0 Å². The molecule has 0 unspecified atom stereocenters. The molecule has 1 aromatic carbocycles. The molecule has 13 heavy (non-hydrogen) atoms. The molecule has 0 heteroatoms. The zero-order valence-corrected chi connectivity index (χ0v) is 7.25. The van der Waals surface area contributed by atoms with Crippen LogP contribution in [0, 0.1) is 6.08 Å². The first kappa shape index (κ1) is 6.82. The van der Waals surface area contributed by atoms with Gasteiger partial charge in [0, 0.05) is 18.1 Å². The third-order valence-electron chi connectivity index (χ3n) is 2.64. The van der Waals surface area contributed by atoms with Crippen LogP contribution in [0.3, 0.4) is 0 Å². The highest BCUT2D eigenvalue weighted by Crippen LogP contribution is 2.35. The largest absolute Gasteiger partial charge is 0.107 e. The van der Waals surface area contributed by atoms with Gasteiger partial charge < -0.3 is 0 Å². The van der Waals surface area contributed by atoms with Crippen molar-refractivity contribution >= 4 is 5.57 Å². The Labute approximate surface area is 77.9 Å². The number of fused-ring (bicyclic) bond motifs is 2. The first-order chi connectivity index (χ1) is 6.45. The molecular formula is C13H9+. The van der Waals surface area contributed by atoms with Gasteiger partial charge in [-0.25, -0.2) is 0 Å². The van der Waals surface area contributed by atoms with Crippen molar-refractivity contribution < 1.29 is 0 Å². The van der Waals surface area contributed by atoms with Crippen LogP contribution in [0.1, 0.15) is 11.1 Å². The van der Waals surface area contributed by atoms with E-state index in [2.05, 4.69) is 42.5 Å². The van der Waals surface area contributed by atoms with E-state index in [-0.39, 0.29) is 0 Å². The van der Waals surface area contributed by atoms with E-state index in [0.717, 1.165) is 6.42 Å². The van der Waals surface area contributed by atoms with Crippen LogP contribution >= 0.6 is 0 Å². The number of rotatable bonds is 0. The molecule has 0 saturated carbocycles. The van der Waals surface area contributed by atoms with Gasteiger partial charge in [-0.15, -0.1) is 0 Å². The zero-order chi connectivity index (χ0) is 8.67. The SMILES string of the molecule is [C+]1=CC2=C(C=C1)c1ccccc1C2. The Morgan fingerprint density at radius 2 is 2.08 bits per heavy atom. The fraction of sp³-hybridized carbons (Fsp3) is 0.0769. The Morgan fingerprint density at radius 3 is 3.08 bits per heavy atom. The molecule has 1 aromatic rings. The summed E-state index contributed by atoms with van der Waals surface area (Å²) in [6, 6.07) is 8.61. The summed E-state index contributed by atoms with van der Waals surface area (Å²) >= 11 is 0. The first-order valence-electron chi connectivity index (χ1n) is 4.52. The minimum Gasteiger partial charge on any atom is -0.0619 e. The predicted molar refractivity (Wildman–Crippen MR) is 54.0 cm³/mol. The average molecular weight is 165 g/mol. The Bertz CT molecular complexity index is 445. The monoisotopic (exact) mass is 165 g/mol. The van der Waals surface area contributed by atoms with Crippen LogP contribution in [-0.4, -0.2) is 0 Å². The second-order valence-corrected chi connectivity index (χ2v) is 3.42. The van der Waals surface area contributed by atoms with E-state index < -0.39 is 0 Å². The average Bonchev–Trinajstić information content (AvgIpc) is 2.56. The Kier molecular flexibility index (Phi) is 1.27. The van der Waals surface area contributed by atoms with Crippen molar-refractivity contribution in [3.63, 3.8) is 0 Å². The molecule has 60 valence electrons. The molecule has 0 atom stereocenters. The molecular weight excluding hydrogens is 156 g/mol. The lowest BCUT2D eigenvalue weighted by Crippen LogP contribution is -1.81. The fourth-order valence-corrected chi connectivity index (χ4v) is 2.02. The van der Waals surface area contributed by atoms with Crippen LogP contribution in [0.25, 0.3) is 5.57 Å². The summed E-state index contributed by atoms with van der Waals surface area (Å²) in [7, 11) is 0. The molecule has 0 saturated heterocycles. The van der Waals surface area contributed by atoms with Crippen LogP contribution < -0.4 is 0 Å². The minimum absolute atomic E-state index is 1.07. The van der Waals surface area contributed by atoms with Gasteiger partial charge in [-0.1, -0.05) is 24.3 Å². The Balaban J connectivity index is 2.24. The van der Waals surface area contributed by atoms with Crippen LogP contribution in [0.5, 0.6) is 0 Å². The second-order valence-electron chi connectivity index (χ2n) is 3.42. The third kappa shape index (κ3) is 0.898. The van der Waals surface area contributed by atoms with Crippen molar-refractivity contribution in [1.82, 2.24) is 0 Å². The molecule has 0 fully saturated rings. The summed E-state index contributed by atoms with van der Waals surface area (Å²) < 4.78 is 0. The van der Waals surface area contributed by atoms with E-state index in [9.17, 15) is 0 Å². The van der Waals surface area contributed by atoms with Gasteiger partial charge in [0.25, 0.3) is 0 Å². The van der Waals surface area contributed by atoms with Gasteiger partial charge in [0.15, 0.2) is 0 Å². The van der Waals surface area contributed by atoms with E-state index in [1.807, 2.05) is 6.08 Å². The predicted octanol–water partition coefficient (Wildman–Crippen LogP) is 2.93. The molecule has 0 radical (unpaired) electrons. The Hall–Kier alpha value is -1.65. The molecule has 0 heterocycles.